The summed E-state index contributed by atoms with van der Waals surface area (Å²) in [5, 5.41) is 5.85. The van der Waals surface area contributed by atoms with Crippen LogP contribution < -0.4 is 21.2 Å². The first kappa shape index (κ1) is 17.9. The number of aromatic amines is 1. The number of hydrogen-bond donors (Lipinski definition) is 3. The van der Waals surface area contributed by atoms with Gasteiger partial charge in [-0.15, -0.1) is 4.73 Å². The smallest absolute Gasteiger partial charge is 0.393 e. The molecule has 9 heteroatoms. The van der Waals surface area contributed by atoms with Crippen LogP contribution in [0.25, 0.3) is 11.0 Å². The summed E-state index contributed by atoms with van der Waals surface area (Å²) >= 11 is 0. The number of nitrogens with zero attached hydrogens (tertiary/aromatic N) is 1. The second-order valence-electron chi connectivity index (χ2n) is 5.52. The summed E-state index contributed by atoms with van der Waals surface area (Å²) in [7, 11) is 0. The molecule has 1 aromatic heterocycles. The van der Waals surface area contributed by atoms with Crippen molar-refractivity contribution in [1.82, 2.24) is 15.0 Å². The number of aromatic nitrogens is 2. The van der Waals surface area contributed by atoms with Gasteiger partial charge in [-0.2, -0.15) is 13.2 Å². The first-order chi connectivity index (χ1) is 12.4. The molecule has 2 aromatic carbocycles. The molecule has 0 aliphatic carbocycles. The zero-order valence-corrected chi connectivity index (χ0v) is 13.6. The molecule has 1 heterocycles. The van der Waals surface area contributed by atoms with Gasteiger partial charge in [0, 0.05) is 18.8 Å². The zero-order chi connectivity index (χ0) is 18.6. The number of halogens is 3. The number of para-hydroxylation sites is 2. The number of benzene rings is 2. The maximum Gasteiger partial charge on any atom is 0.416 e. The largest absolute Gasteiger partial charge is 0.416 e. The Kier molecular flexibility index (Phi) is 5.17. The van der Waals surface area contributed by atoms with Crippen LogP contribution in [0.4, 0.5) is 18.9 Å². The standard InChI is InChI=1S/C17H17F3N4O2/c18-17(19,20)12-4-3-5-13(10-12)22-9-8-21-11-26-24-15-7-2-1-6-14(15)23-16(24)25/h1-7,10,21-22H,8-9,11H2,(H,23,25). The number of nitrogens with one attached hydrogen (secondary N) is 3. The fourth-order valence-corrected chi connectivity index (χ4v) is 2.44. The lowest BCUT2D eigenvalue weighted by Gasteiger charge is -2.11. The molecular formula is C17H17F3N4O2. The number of H-pyrrole nitrogens is 1. The highest BCUT2D eigenvalue weighted by Crippen LogP contribution is 2.30. The van der Waals surface area contributed by atoms with Gasteiger partial charge in [-0.1, -0.05) is 18.2 Å². The van der Waals surface area contributed by atoms with E-state index in [1.54, 1.807) is 30.3 Å². The van der Waals surface area contributed by atoms with Gasteiger partial charge in [-0.3, -0.25) is 5.32 Å². The molecule has 3 N–H and O–H groups in total. The molecule has 3 rings (SSSR count). The second kappa shape index (κ2) is 7.52. The minimum Gasteiger partial charge on any atom is -0.393 e. The minimum absolute atomic E-state index is 0.0754. The van der Waals surface area contributed by atoms with Gasteiger partial charge in [-0.25, -0.2) is 4.79 Å². The van der Waals surface area contributed by atoms with Gasteiger partial charge in [0.25, 0.3) is 0 Å². The summed E-state index contributed by atoms with van der Waals surface area (Å²) < 4.78 is 39.1. The van der Waals surface area contributed by atoms with Crippen molar-refractivity contribution in [2.45, 2.75) is 6.18 Å². The molecule has 6 nitrogen and oxygen atoms in total. The third-order valence-corrected chi connectivity index (χ3v) is 3.67. The lowest BCUT2D eigenvalue weighted by atomic mass is 10.2. The summed E-state index contributed by atoms with van der Waals surface area (Å²) in [4.78, 5) is 19.9. The molecular weight excluding hydrogens is 349 g/mol. The van der Waals surface area contributed by atoms with E-state index in [2.05, 4.69) is 15.6 Å². The van der Waals surface area contributed by atoms with Gasteiger partial charge < -0.3 is 15.1 Å². The topological polar surface area (TPSA) is 71.1 Å². The number of hydrogen-bond acceptors (Lipinski definition) is 4. The van der Waals surface area contributed by atoms with Crippen LogP contribution in [0.5, 0.6) is 0 Å². The van der Waals surface area contributed by atoms with Gasteiger partial charge >= 0.3 is 11.9 Å². The Hall–Kier alpha value is -2.94. The molecule has 0 bridgehead atoms. The van der Waals surface area contributed by atoms with Crippen LogP contribution in [-0.4, -0.2) is 29.5 Å². The van der Waals surface area contributed by atoms with Crippen LogP contribution >= 0.6 is 0 Å². The third-order valence-electron chi connectivity index (χ3n) is 3.67. The van der Waals surface area contributed by atoms with Crippen LogP contribution in [0.15, 0.2) is 53.3 Å². The van der Waals surface area contributed by atoms with Crippen LogP contribution in [-0.2, 0) is 6.18 Å². The van der Waals surface area contributed by atoms with Crippen molar-refractivity contribution < 1.29 is 18.0 Å². The van der Waals surface area contributed by atoms with E-state index < -0.39 is 11.7 Å². The predicted octanol–water partition coefficient (Wildman–Crippen LogP) is 2.44. The summed E-state index contributed by atoms with van der Waals surface area (Å²) in [5.74, 6) is 0. The Bertz CT molecular complexity index is 933. The van der Waals surface area contributed by atoms with E-state index in [1.807, 2.05) is 0 Å². The maximum atomic E-state index is 12.6. The van der Waals surface area contributed by atoms with E-state index in [1.165, 1.54) is 6.07 Å². The van der Waals surface area contributed by atoms with Crippen LogP contribution in [0.1, 0.15) is 5.56 Å². The first-order valence-electron chi connectivity index (χ1n) is 7.90. The van der Waals surface area contributed by atoms with Crippen molar-refractivity contribution in [2.24, 2.45) is 0 Å². The van der Waals surface area contributed by atoms with Gasteiger partial charge in [0.1, 0.15) is 5.52 Å². The molecule has 138 valence electrons. The summed E-state index contributed by atoms with van der Waals surface area (Å²) in [5.41, 5.74) is 0.605. The van der Waals surface area contributed by atoms with Gasteiger partial charge in [0.2, 0.25) is 0 Å². The van der Waals surface area contributed by atoms with Crippen molar-refractivity contribution >= 4 is 16.7 Å². The highest BCUT2D eigenvalue weighted by Gasteiger charge is 2.30. The van der Waals surface area contributed by atoms with Crippen LogP contribution in [0.3, 0.4) is 0 Å². The maximum absolute atomic E-state index is 12.6. The molecule has 0 radical (unpaired) electrons. The van der Waals surface area contributed by atoms with Crippen LogP contribution in [0, 0.1) is 0 Å². The fraction of sp³-hybridized carbons (Fsp3) is 0.235. The Morgan fingerprint density at radius 3 is 2.69 bits per heavy atom. The molecule has 3 aromatic rings. The number of rotatable bonds is 7. The second-order valence-corrected chi connectivity index (χ2v) is 5.52. The average molecular weight is 366 g/mol. The molecule has 0 spiro atoms. The van der Waals surface area contributed by atoms with Crippen molar-refractivity contribution in [3.8, 4) is 0 Å². The summed E-state index contributed by atoms with van der Waals surface area (Å²) in [6.07, 6.45) is -4.36. The SMILES string of the molecule is O=c1[nH]c2ccccc2n1OCNCCNc1cccc(C(F)(F)F)c1. The Morgan fingerprint density at radius 2 is 1.88 bits per heavy atom. The lowest BCUT2D eigenvalue weighted by Crippen LogP contribution is -2.33. The van der Waals surface area contributed by atoms with E-state index in [9.17, 15) is 18.0 Å². The van der Waals surface area contributed by atoms with E-state index >= 15 is 0 Å². The molecule has 0 amide bonds. The van der Waals surface area contributed by atoms with E-state index in [0.29, 0.717) is 29.8 Å². The number of imidazole rings is 1. The summed E-state index contributed by atoms with van der Waals surface area (Å²) in [6.45, 7) is 0.910. The number of alkyl halides is 3. The molecule has 0 atom stereocenters. The van der Waals surface area contributed by atoms with Crippen molar-refractivity contribution in [3.63, 3.8) is 0 Å². The van der Waals surface area contributed by atoms with Gasteiger partial charge in [0.15, 0.2) is 6.73 Å². The molecule has 0 saturated carbocycles. The van der Waals surface area contributed by atoms with Gasteiger partial charge in [0.05, 0.1) is 11.1 Å². The molecule has 0 saturated heterocycles. The quantitative estimate of drug-likeness (QED) is 0.444. The highest BCUT2D eigenvalue weighted by molar-refractivity contribution is 5.74. The molecule has 0 aliphatic rings. The van der Waals surface area contributed by atoms with Gasteiger partial charge in [-0.05, 0) is 30.3 Å². The normalized spacial score (nSPS) is 11.7. The molecule has 0 unspecified atom stereocenters. The number of fused-ring (bicyclic) bond motifs is 1. The fourth-order valence-electron chi connectivity index (χ4n) is 2.44. The monoisotopic (exact) mass is 366 g/mol. The van der Waals surface area contributed by atoms with Crippen molar-refractivity contribution in [1.29, 1.82) is 0 Å². The highest BCUT2D eigenvalue weighted by atomic mass is 19.4. The number of anilines is 1. The lowest BCUT2D eigenvalue weighted by molar-refractivity contribution is -0.137. The Morgan fingerprint density at radius 1 is 1.08 bits per heavy atom. The molecule has 26 heavy (non-hydrogen) atoms. The van der Waals surface area contributed by atoms with E-state index in [0.717, 1.165) is 16.9 Å². The third kappa shape index (κ3) is 4.17. The van der Waals surface area contributed by atoms with Crippen molar-refractivity contribution in [3.05, 3.63) is 64.6 Å². The Labute approximate surface area is 146 Å². The molecule has 0 aliphatic heterocycles. The van der Waals surface area contributed by atoms with E-state index in [4.69, 9.17) is 4.84 Å². The van der Waals surface area contributed by atoms with Crippen LogP contribution in [0.2, 0.25) is 0 Å². The van der Waals surface area contributed by atoms with E-state index in [-0.39, 0.29) is 12.4 Å². The first-order valence-corrected chi connectivity index (χ1v) is 7.90. The Balaban J connectivity index is 1.45. The average Bonchev–Trinajstić information content (AvgIpc) is 2.93. The molecule has 0 fully saturated rings. The van der Waals surface area contributed by atoms with Crippen molar-refractivity contribution in [2.75, 3.05) is 25.1 Å². The predicted molar refractivity (Wildman–Crippen MR) is 91.9 cm³/mol. The summed E-state index contributed by atoms with van der Waals surface area (Å²) in [6, 6.07) is 12.1. The zero-order valence-electron chi connectivity index (χ0n) is 13.6. The minimum atomic E-state index is -4.36.